The van der Waals surface area contributed by atoms with Crippen molar-refractivity contribution in [2.45, 2.75) is 25.3 Å². The van der Waals surface area contributed by atoms with E-state index in [1.807, 2.05) is 42.5 Å². The molecule has 0 bridgehead atoms. The first-order valence-electron chi connectivity index (χ1n) is 12.6. The van der Waals surface area contributed by atoms with Gasteiger partial charge in [-0.05, 0) is 48.9 Å². The van der Waals surface area contributed by atoms with E-state index in [9.17, 15) is 20.0 Å². The quantitative estimate of drug-likeness (QED) is 0.322. The summed E-state index contributed by atoms with van der Waals surface area (Å²) < 4.78 is 16.5. The van der Waals surface area contributed by atoms with Gasteiger partial charge in [-0.1, -0.05) is 18.2 Å². The first kappa shape index (κ1) is 25.9. The van der Waals surface area contributed by atoms with Crippen LogP contribution >= 0.6 is 0 Å². The van der Waals surface area contributed by atoms with Crippen LogP contribution in [0.1, 0.15) is 36.4 Å². The van der Waals surface area contributed by atoms with Crippen molar-refractivity contribution in [1.82, 2.24) is 0 Å². The van der Waals surface area contributed by atoms with E-state index in [4.69, 9.17) is 14.2 Å². The maximum atomic E-state index is 13.9. The third-order valence-electron chi connectivity index (χ3n) is 7.08. The van der Waals surface area contributed by atoms with Crippen molar-refractivity contribution < 1.29 is 29.0 Å². The number of rotatable bonds is 7. The number of para-hydroxylation sites is 2. The molecule has 0 saturated carbocycles. The van der Waals surface area contributed by atoms with Crippen LogP contribution in [-0.4, -0.2) is 31.5 Å². The highest BCUT2D eigenvalue weighted by Crippen LogP contribution is 2.48. The molecule has 3 aromatic carbocycles. The molecule has 0 amide bonds. The highest BCUT2D eigenvalue weighted by Gasteiger charge is 2.41. The molecular weight excluding hydrogens is 502 g/mol. The molecule has 5 rings (SSSR count). The Morgan fingerprint density at radius 1 is 1.03 bits per heavy atom. The zero-order valence-electron chi connectivity index (χ0n) is 21.7. The summed E-state index contributed by atoms with van der Waals surface area (Å²) in [4.78, 5) is 25.0. The van der Waals surface area contributed by atoms with Crippen LogP contribution in [0.2, 0.25) is 0 Å². The minimum Gasteiger partial charge on any atom is -0.865 e. The molecule has 0 unspecified atom stereocenters. The normalized spacial score (nSPS) is 19.8. The molecule has 1 aliphatic carbocycles. The summed E-state index contributed by atoms with van der Waals surface area (Å²) in [6.07, 6.45) is 2.17. The Morgan fingerprint density at radius 3 is 2.49 bits per heavy atom. The lowest BCUT2D eigenvalue weighted by Gasteiger charge is -2.33. The van der Waals surface area contributed by atoms with Gasteiger partial charge in [0.2, 0.25) is 0 Å². The average molecular weight is 531 g/mol. The molecule has 202 valence electrons. The van der Waals surface area contributed by atoms with Gasteiger partial charge in [0.15, 0.2) is 0 Å². The van der Waals surface area contributed by atoms with Crippen LogP contribution in [0.15, 0.2) is 66.4 Å². The SMILES string of the molecule is CCOc1cc([C@H]2Nc3ccccc3NC3=C[C@H](c4cc(OC)ccc4OC)CC(=O)[C@@H]32)cc([N+](=O)[O-])c1[O-]. The number of nitrogens with zero attached hydrogens (tertiary/aromatic N) is 1. The molecule has 0 spiro atoms. The molecule has 0 radical (unpaired) electrons. The lowest BCUT2D eigenvalue weighted by Crippen LogP contribution is -2.34. The van der Waals surface area contributed by atoms with Gasteiger partial charge >= 0.3 is 0 Å². The Labute approximate surface area is 225 Å². The Kier molecular flexibility index (Phi) is 7.02. The number of Topliss-reactive ketones (excluding diaryl/α,β-unsaturated/α-hetero) is 1. The van der Waals surface area contributed by atoms with E-state index in [1.165, 1.54) is 12.1 Å². The molecule has 3 aromatic rings. The first-order valence-corrected chi connectivity index (χ1v) is 12.6. The number of nitrogens with one attached hydrogen (secondary N) is 2. The molecule has 1 aliphatic heterocycles. The fourth-order valence-corrected chi connectivity index (χ4v) is 5.30. The maximum Gasteiger partial charge on any atom is 0.265 e. The molecule has 10 heteroatoms. The van der Waals surface area contributed by atoms with Crippen LogP contribution < -0.4 is 30.0 Å². The zero-order valence-corrected chi connectivity index (χ0v) is 21.7. The number of hydrogen-bond acceptors (Lipinski definition) is 9. The number of hydrogen-bond donors (Lipinski definition) is 2. The third kappa shape index (κ3) is 4.81. The predicted octanol–water partition coefficient (Wildman–Crippen LogP) is 4.92. The van der Waals surface area contributed by atoms with Crippen molar-refractivity contribution >= 4 is 22.8 Å². The Balaban J connectivity index is 1.67. The number of allylic oxidation sites excluding steroid dienone is 1. The van der Waals surface area contributed by atoms with Crippen molar-refractivity contribution in [3.8, 4) is 23.0 Å². The van der Waals surface area contributed by atoms with Gasteiger partial charge in [-0.2, -0.15) is 0 Å². The molecule has 1 heterocycles. The summed E-state index contributed by atoms with van der Waals surface area (Å²) in [5.74, 6) is -0.731. The van der Waals surface area contributed by atoms with E-state index in [1.54, 1.807) is 27.2 Å². The van der Waals surface area contributed by atoms with E-state index in [0.29, 0.717) is 28.4 Å². The van der Waals surface area contributed by atoms with Crippen LogP contribution in [0.25, 0.3) is 0 Å². The smallest absolute Gasteiger partial charge is 0.265 e. The summed E-state index contributed by atoms with van der Waals surface area (Å²) in [5, 5.41) is 31.2. The van der Waals surface area contributed by atoms with E-state index < -0.39 is 28.3 Å². The van der Waals surface area contributed by atoms with Gasteiger partial charge < -0.3 is 30.0 Å². The van der Waals surface area contributed by atoms with E-state index in [-0.39, 0.29) is 30.5 Å². The molecule has 0 saturated heterocycles. The van der Waals surface area contributed by atoms with E-state index in [2.05, 4.69) is 10.6 Å². The first-order chi connectivity index (χ1) is 18.8. The van der Waals surface area contributed by atoms with E-state index >= 15 is 0 Å². The van der Waals surface area contributed by atoms with Crippen molar-refractivity contribution in [3.05, 3.63) is 87.6 Å². The summed E-state index contributed by atoms with van der Waals surface area (Å²) in [6, 6.07) is 15.0. The monoisotopic (exact) mass is 530 g/mol. The predicted molar refractivity (Wildman–Crippen MR) is 144 cm³/mol. The minimum absolute atomic E-state index is 0.0769. The highest BCUT2D eigenvalue weighted by molar-refractivity contribution is 5.91. The number of carbonyl (C=O) groups excluding carboxylic acids is 1. The molecule has 2 N–H and O–H groups in total. The molecule has 39 heavy (non-hydrogen) atoms. The van der Waals surface area contributed by atoms with Crippen molar-refractivity contribution in [2.24, 2.45) is 5.92 Å². The number of ether oxygens (including phenoxy) is 3. The maximum absolute atomic E-state index is 13.9. The Hall–Kier alpha value is -4.73. The summed E-state index contributed by atoms with van der Waals surface area (Å²) in [5.41, 5.74) is 2.73. The van der Waals surface area contributed by atoms with Gasteiger partial charge in [0.05, 0.1) is 49.1 Å². The fraction of sp³-hybridized carbons (Fsp3) is 0.276. The number of carbonyl (C=O) groups is 1. The Morgan fingerprint density at radius 2 is 1.79 bits per heavy atom. The van der Waals surface area contributed by atoms with Gasteiger partial charge in [0.1, 0.15) is 23.0 Å². The topological polar surface area (TPSA) is 135 Å². The standard InChI is InChI=1S/C29H29N3O7/c1-4-39-26-14-17(12-23(29(26)34)32(35)36)28-27-22(30-20-7-5-6-8-21(20)31-28)11-16(13-24(27)33)19-15-18(37-2)9-10-25(19)38-3/h5-12,14-16,27-28,30-31,34H,4,13H2,1-3H3/p-1/t16-,27+,28+/m0/s1. The van der Waals surface area contributed by atoms with Crippen molar-refractivity contribution in [2.75, 3.05) is 31.5 Å². The van der Waals surface area contributed by atoms with Crippen molar-refractivity contribution in [3.63, 3.8) is 0 Å². The summed E-state index contributed by atoms with van der Waals surface area (Å²) in [6.45, 7) is 1.86. The van der Waals surface area contributed by atoms with Gasteiger partial charge in [-0.3, -0.25) is 14.9 Å². The molecular formula is C29H28N3O7-. The molecule has 2 aliphatic rings. The largest absolute Gasteiger partial charge is 0.865 e. The minimum atomic E-state index is -0.798. The summed E-state index contributed by atoms with van der Waals surface area (Å²) in [7, 11) is 3.16. The molecule has 0 aromatic heterocycles. The number of benzene rings is 3. The average Bonchev–Trinajstić information content (AvgIpc) is 3.10. The van der Waals surface area contributed by atoms with Gasteiger partial charge in [0.25, 0.3) is 5.69 Å². The van der Waals surface area contributed by atoms with Gasteiger partial charge in [-0.25, -0.2) is 0 Å². The van der Waals surface area contributed by atoms with Gasteiger partial charge in [0, 0.05) is 35.4 Å². The van der Waals surface area contributed by atoms with Crippen LogP contribution in [-0.2, 0) is 4.79 Å². The molecule has 3 atom stereocenters. The number of anilines is 2. The molecule has 10 nitrogen and oxygen atoms in total. The number of fused-ring (bicyclic) bond motifs is 2. The third-order valence-corrected chi connectivity index (χ3v) is 7.08. The van der Waals surface area contributed by atoms with Crippen LogP contribution in [0.3, 0.4) is 0 Å². The number of nitro groups is 1. The lowest BCUT2D eigenvalue weighted by atomic mass is 9.76. The van der Waals surface area contributed by atoms with Crippen LogP contribution in [0.5, 0.6) is 23.0 Å². The second kappa shape index (κ2) is 10.6. The number of ketones is 1. The van der Waals surface area contributed by atoms with Gasteiger partial charge in [-0.15, -0.1) is 0 Å². The van der Waals surface area contributed by atoms with E-state index in [0.717, 1.165) is 11.3 Å². The number of methoxy groups -OCH3 is 2. The van der Waals surface area contributed by atoms with Crippen LogP contribution in [0, 0.1) is 16.0 Å². The highest BCUT2D eigenvalue weighted by atomic mass is 16.6. The summed E-state index contributed by atoms with van der Waals surface area (Å²) >= 11 is 0. The lowest BCUT2D eigenvalue weighted by molar-refractivity contribution is -0.398. The second-order valence-electron chi connectivity index (χ2n) is 9.33. The molecule has 0 fully saturated rings. The fourth-order valence-electron chi connectivity index (χ4n) is 5.30. The van der Waals surface area contributed by atoms with Crippen LogP contribution in [0.4, 0.5) is 17.1 Å². The van der Waals surface area contributed by atoms with Crippen molar-refractivity contribution in [1.29, 1.82) is 0 Å². The second-order valence-corrected chi connectivity index (χ2v) is 9.33. The number of nitro benzene ring substituents is 1. The Bertz CT molecular complexity index is 1470. The zero-order chi connectivity index (χ0) is 27.7.